The number of carbonyl (C=O) groups excluding carboxylic acids is 1. The molecule has 3 rings (SSSR count). The molecule has 1 fully saturated rings. The van der Waals surface area contributed by atoms with E-state index < -0.39 is 5.60 Å². The first kappa shape index (κ1) is 17.0. The molecular weight excluding hydrogens is 306 g/mol. The molecule has 5 heteroatoms. The van der Waals surface area contributed by atoms with Crippen molar-refractivity contribution in [1.82, 2.24) is 4.57 Å². The Hall–Kier alpha value is -1.85. The van der Waals surface area contributed by atoms with Crippen LogP contribution < -0.4 is 0 Å². The summed E-state index contributed by atoms with van der Waals surface area (Å²) >= 11 is 0. The fraction of sp³-hybridized carbons (Fsp3) is 0.526. The van der Waals surface area contributed by atoms with Crippen LogP contribution in [0.15, 0.2) is 30.5 Å². The molecule has 1 aromatic heterocycles. The zero-order valence-electron chi connectivity index (χ0n) is 14.6. The molecule has 0 amide bonds. The average molecular weight is 331 g/mol. The zero-order valence-corrected chi connectivity index (χ0v) is 14.6. The number of ether oxygens (including phenoxy) is 3. The van der Waals surface area contributed by atoms with E-state index in [-0.39, 0.29) is 12.4 Å². The van der Waals surface area contributed by atoms with Gasteiger partial charge in [-0.05, 0) is 63.8 Å². The van der Waals surface area contributed by atoms with Crippen molar-refractivity contribution in [3.8, 4) is 0 Å². The third kappa shape index (κ3) is 4.16. The van der Waals surface area contributed by atoms with Gasteiger partial charge in [-0.25, -0.2) is 4.79 Å². The van der Waals surface area contributed by atoms with Crippen LogP contribution in [0.3, 0.4) is 0 Å². The Kier molecular flexibility index (Phi) is 4.92. The Labute approximate surface area is 142 Å². The van der Waals surface area contributed by atoms with Gasteiger partial charge in [0, 0.05) is 11.6 Å². The maximum atomic E-state index is 12.3. The van der Waals surface area contributed by atoms with Crippen LogP contribution in [0.25, 0.3) is 10.9 Å². The third-order valence-corrected chi connectivity index (χ3v) is 3.94. The van der Waals surface area contributed by atoms with Gasteiger partial charge in [-0.3, -0.25) is 4.57 Å². The van der Waals surface area contributed by atoms with E-state index in [1.165, 1.54) is 5.56 Å². The van der Waals surface area contributed by atoms with Crippen molar-refractivity contribution < 1.29 is 19.0 Å². The predicted molar refractivity (Wildman–Crippen MR) is 92.2 cm³/mol. The van der Waals surface area contributed by atoms with E-state index in [9.17, 15) is 4.79 Å². The molecule has 130 valence electrons. The summed E-state index contributed by atoms with van der Waals surface area (Å²) in [5, 5.41) is 1.05. The minimum atomic E-state index is -0.502. The summed E-state index contributed by atoms with van der Waals surface area (Å²) in [5.74, 6) is 0. The SMILES string of the molecule is CC(C)(C)OC(=O)n1ccc2cc(CCCC3OCCO3)ccc21. The molecule has 1 aliphatic rings. The number of fused-ring (bicyclic) bond motifs is 1. The Balaban J connectivity index is 1.65. The van der Waals surface area contributed by atoms with Crippen molar-refractivity contribution in [2.75, 3.05) is 13.2 Å². The van der Waals surface area contributed by atoms with Crippen LogP contribution >= 0.6 is 0 Å². The van der Waals surface area contributed by atoms with Gasteiger partial charge in [0.1, 0.15) is 5.60 Å². The highest BCUT2D eigenvalue weighted by atomic mass is 16.7. The molecule has 24 heavy (non-hydrogen) atoms. The first-order valence-corrected chi connectivity index (χ1v) is 8.49. The topological polar surface area (TPSA) is 49.7 Å². The number of hydrogen-bond acceptors (Lipinski definition) is 4. The molecule has 0 spiro atoms. The quantitative estimate of drug-likeness (QED) is 0.845. The van der Waals surface area contributed by atoms with E-state index in [1.54, 1.807) is 10.8 Å². The van der Waals surface area contributed by atoms with Crippen LogP contribution in [-0.2, 0) is 20.6 Å². The smallest absolute Gasteiger partial charge is 0.418 e. The summed E-state index contributed by atoms with van der Waals surface area (Å²) in [6.45, 7) is 7.01. The molecule has 0 atom stereocenters. The number of nitrogens with zero attached hydrogens (tertiary/aromatic N) is 1. The number of hydrogen-bond donors (Lipinski definition) is 0. The molecule has 0 radical (unpaired) electrons. The fourth-order valence-electron chi connectivity index (χ4n) is 2.86. The third-order valence-electron chi connectivity index (χ3n) is 3.94. The lowest BCUT2D eigenvalue weighted by molar-refractivity contribution is -0.0475. The first-order valence-electron chi connectivity index (χ1n) is 8.49. The van der Waals surface area contributed by atoms with Crippen LogP contribution in [-0.4, -0.2) is 35.8 Å². The van der Waals surface area contributed by atoms with Gasteiger partial charge in [0.25, 0.3) is 0 Å². The van der Waals surface area contributed by atoms with Crippen LogP contribution in [0.4, 0.5) is 4.79 Å². The highest BCUT2D eigenvalue weighted by molar-refractivity contribution is 5.89. The van der Waals surface area contributed by atoms with E-state index in [1.807, 2.05) is 32.9 Å². The Morgan fingerprint density at radius 2 is 2.00 bits per heavy atom. The normalized spacial score (nSPS) is 16.0. The molecule has 0 N–H and O–H groups in total. The molecule has 0 saturated carbocycles. The predicted octanol–water partition coefficient (Wildman–Crippen LogP) is 4.12. The lowest BCUT2D eigenvalue weighted by Crippen LogP contribution is -2.26. The minimum Gasteiger partial charge on any atom is -0.443 e. The van der Waals surface area contributed by atoms with Crippen LogP contribution in [0, 0.1) is 0 Å². The second-order valence-electron chi connectivity index (χ2n) is 7.12. The summed E-state index contributed by atoms with van der Waals surface area (Å²) < 4.78 is 17.9. The van der Waals surface area contributed by atoms with E-state index in [0.29, 0.717) is 13.2 Å². The van der Waals surface area contributed by atoms with Crippen LogP contribution in [0.5, 0.6) is 0 Å². The van der Waals surface area contributed by atoms with Crippen molar-refractivity contribution >= 4 is 17.0 Å². The molecule has 2 aromatic rings. The number of carbonyl (C=O) groups is 1. The standard InChI is InChI=1S/C19H25NO4/c1-19(2,3)24-18(21)20-10-9-15-13-14(7-8-16(15)20)5-4-6-17-22-11-12-23-17/h7-10,13,17H,4-6,11-12H2,1-3H3. The highest BCUT2D eigenvalue weighted by Crippen LogP contribution is 2.21. The van der Waals surface area contributed by atoms with Gasteiger partial charge in [0.2, 0.25) is 0 Å². The van der Waals surface area contributed by atoms with Gasteiger partial charge in [0.15, 0.2) is 6.29 Å². The zero-order chi connectivity index (χ0) is 17.2. The van der Waals surface area contributed by atoms with E-state index >= 15 is 0 Å². The minimum absolute atomic E-state index is 0.0398. The fourth-order valence-corrected chi connectivity index (χ4v) is 2.86. The van der Waals surface area contributed by atoms with Gasteiger partial charge in [-0.2, -0.15) is 0 Å². The van der Waals surface area contributed by atoms with E-state index in [0.717, 1.165) is 30.2 Å². The molecule has 0 aliphatic carbocycles. The van der Waals surface area contributed by atoms with E-state index in [4.69, 9.17) is 14.2 Å². The van der Waals surface area contributed by atoms with Crippen molar-refractivity contribution in [3.63, 3.8) is 0 Å². The van der Waals surface area contributed by atoms with Crippen LogP contribution in [0.1, 0.15) is 39.2 Å². The lowest BCUT2D eigenvalue weighted by atomic mass is 10.1. The van der Waals surface area contributed by atoms with Gasteiger partial charge < -0.3 is 14.2 Å². The molecule has 1 saturated heterocycles. The molecule has 1 aromatic carbocycles. The van der Waals surface area contributed by atoms with E-state index in [2.05, 4.69) is 12.1 Å². The molecule has 0 bridgehead atoms. The maximum Gasteiger partial charge on any atom is 0.418 e. The summed E-state index contributed by atoms with van der Waals surface area (Å²) in [5.41, 5.74) is 1.62. The number of aromatic nitrogens is 1. The second kappa shape index (κ2) is 6.95. The van der Waals surface area contributed by atoms with Crippen LogP contribution in [0.2, 0.25) is 0 Å². The summed E-state index contributed by atoms with van der Waals surface area (Å²) in [7, 11) is 0. The summed E-state index contributed by atoms with van der Waals surface area (Å²) in [4.78, 5) is 12.3. The Morgan fingerprint density at radius 1 is 1.25 bits per heavy atom. The average Bonchev–Trinajstić information content (AvgIpc) is 3.14. The van der Waals surface area contributed by atoms with Crippen molar-refractivity contribution in [2.24, 2.45) is 0 Å². The van der Waals surface area contributed by atoms with Crippen molar-refractivity contribution in [2.45, 2.75) is 51.9 Å². The molecule has 2 heterocycles. The largest absolute Gasteiger partial charge is 0.443 e. The summed E-state index contributed by atoms with van der Waals surface area (Å²) in [6.07, 6.45) is 4.28. The highest BCUT2D eigenvalue weighted by Gasteiger charge is 2.19. The molecular formula is C19H25NO4. The monoisotopic (exact) mass is 331 g/mol. The number of rotatable bonds is 4. The Bertz CT molecular complexity index is 708. The van der Waals surface area contributed by atoms with Crippen molar-refractivity contribution in [3.05, 3.63) is 36.0 Å². The maximum absolute atomic E-state index is 12.3. The molecule has 1 aliphatic heterocycles. The number of benzene rings is 1. The number of aryl methyl sites for hydroxylation is 1. The second-order valence-corrected chi connectivity index (χ2v) is 7.12. The molecule has 5 nitrogen and oxygen atoms in total. The van der Waals surface area contributed by atoms with Gasteiger partial charge >= 0.3 is 6.09 Å². The van der Waals surface area contributed by atoms with Gasteiger partial charge in [-0.1, -0.05) is 6.07 Å². The Morgan fingerprint density at radius 3 is 2.71 bits per heavy atom. The first-order chi connectivity index (χ1) is 11.4. The summed E-state index contributed by atoms with van der Waals surface area (Å²) in [6, 6.07) is 8.13. The van der Waals surface area contributed by atoms with Crippen molar-refractivity contribution in [1.29, 1.82) is 0 Å². The lowest BCUT2D eigenvalue weighted by Gasteiger charge is -2.19. The van der Waals surface area contributed by atoms with Gasteiger partial charge in [0.05, 0.1) is 18.7 Å². The molecule has 0 unspecified atom stereocenters. The van der Waals surface area contributed by atoms with Gasteiger partial charge in [-0.15, -0.1) is 0 Å².